The molecule has 2 aromatic heterocycles. The van der Waals surface area contributed by atoms with E-state index in [4.69, 9.17) is 16.0 Å². The van der Waals surface area contributed by atoms with Gasteiger partial charge in [-0.25, -0.2) is 4.98 Å². The lowest BCUT2D eigenvalue weighted by molar-refractivity contribution is 0.0211. The second kappa shape index (κ2) is 6.22. The second-order valence-electron chi connectivity index (χ2n) is 6.64. The summed E-state index contributed by atoms with van der Waals surface area (Å²) in [5, 5.41) is 3.58. The van der Waals surface area contributed by atoms with Crippen molar-refractivity contribution in [3.05, 3.63) is 41.4 Å². The van der Waals surface area contributed by atoms with Gasteiger partial charge in [-0.05, 0) is 63.0 Å². The van der Waals surface area contributed by atoms with Gasteiger partial charge >= 0.3 is 0 Å². The number of rotatable bonds is 3. The first-order valence-corrected chi connectivity index (χ1v) is 8.76. The SMILES string of the molecule is CC1C(NC(=O)c2ccc(-c3ccnc(Cl)c3)o2)C2CCN1CC2. The van der Waals surface area contributed by atoms with E-state index in [9.17, 15) is 4.79 Å². The molecular weight excluding hydrogens is 326 g/mol. The summed E-state index contributed by atoms with van der Waals surface area (Å²) in [5.41, 5.74) is 0.810. The number of piperidine rings is 3. The maximum atomic E-state index is 12.6. The van der Waals surface area contributed by atoms with Gasteiger partial charge in [0.2, 0.25) is 0 Å². The summed E-state index contributed by atoms with van der Waals surface area (Å²) in [5.74, 6) is 1.38. The minimum Gasteiger partial charge on any atom is -0.451 e. The molecule has 0 saturated carbocycles. The van der Waals surface area contributed by atoms with Crippen LogP contribution in [0.5, 0.6) is 0 Å². The number of hydrogen-bond donors (Lipinski definition) is 1. The molecule has 0 spiro atoms. The molecule has 0 radical (unpaired) electrons. The van der Waals surface area contributed by atoms with Gasteiger partial charge in [0.15, 0.2) is 5.76 Å². The van der Waals surface area contributed by atoms with Crippen LogP contribution in [0.2, 0.25) is 5.15 Å². The van der Waals surface area contributed by atoms with Crippen molar-refractivity contribution in [3.63, 3.8) is 0 Å². The van der Waals surface area contributed by atoms with Crippen LogP contribution in [0, 0.1) is 5.92 Å². The Morgan fingerprint density at radius 1 is 1.33 bits per heavy atom. The number of furan rings is 1. The van der Waals surface area contributed by atoms with E-state index in [-0.39, 0.29) is 11.9 Å². The van der Waals surface area contributed by atoms with E-state index in [0.29, 0.717) is 28.6 Å². The van der Waals surface area contributed by atoms with Crippen molar-refractivity contribution in [2.24, 2.45) is 5.92 Å². The molecule has 3 saturated heterocycles. The minimum atomic E-state index is -0.146. The van der Waals surface area contributed by atoms with Crippen LogP contribution in [0.4, 0.5) is 0 Å². The Bertz CT molecular complexity index is 750. The number of nitrogens with zero attached hydrogens (tertiary/aromatic N) is 2. The largest absolute Gasteiger partial charge is 0.451 e. The molecule has 2 bridgehead atoms. The van der Waals surface area contributed by atoms with Gasteiger partial charge in [0.25, 0.3) is 5.91 Å². The average Bonchev–Trinajstić information content (AvgIpc) is 3.09. The van der Waals surface area contributed by atoms with Crippen LogP contribution < -0.4 is 5.32 Å². The van der Waals surface area contributed by atoms with Gasteiger partial charge in [0.1, 0.15) is 10.9 Å². The molecule has 2 atom stereocenters. The highest BCUT2D eigenvalue weighted by Crippen LogP contribution is 2.32. The minimum absolute atomic E-state index is 0.146. The number of halogens is 1. The van der Waals surface area contributed by atoms with E-state index in [1.807, 2.05) is 6.07 Å². The van der Waals surface area contributed by atoms with E-state index >= 15 is 0 Å². The van der Waals surface area contributed by atoms with E-state index in [0.717, 1.165) is 31.5 Å². The van der Waals surface area contributed by atoms with Gasteiger partial charge in [0.05, 0.1) is 0 Å². The number of carbonyl (C=O) groups excluding carboxylic acids is 1. The van der Waals surface area contributed by atoms with Gasteiger partial charge < -0.3 is 9.73 Å². The lowest BCUT2D eigenvalue weighted by Gasteiger charge is -2.49. The molecule has 1 N–H and O–H groups in total. The molecule has 3 fully saturated rings. The highest BCUT2D eigenvalue weighted by Gasteiger charge is 2.40. The zero-order valence-corrected chi connectivity index (χ0v) is 14.3. The Balaban J connectivity index is 1.49. The van der Waals surface area contributed by atoms with Crippen LogP contribution in [0.3, 0.4) is 0 Å². The predicted octanol–water partition coefficient (Wildman–Crippen LogP) is 3.21. The first-order chi connectivity index (χ1) is 11.6. The Morgan fingerprint density at radius 2 is 2.12 bits per heavy atom. The van der Waals surface area contributed by atoms with Crippen molar-refractivity contribution in [2.45, 2.75) is 31.8 Å². The molecule has 24 heavy (non-hydrogen) atoms. The fourth-order valence-electron chi connectivity index (χ4n) is 3.94. The summed E-state index contributed by atoms with van der Waals surface area (Å²) in [6, 6.07) is 7.61. The zero-order valence-electron chi connectivity index (χ0n) is 13.5. The number of nitrogens with one attached hydrogen (secondary N) is 1. The molecule has 6 heteroatoms. The van der Waals surface area contributed by atoms with Crippen LogP contribution in [0.25, 0.3) is 11.3 Å². The van der Waals surface area contributed by atoms with Crippen molar-refractivity contribution in [3.8, 4) is 11.3 Å². The summed E-state index contributed by atoms with van der Waals surface area (Å²) in [4.78, 5) is 19.0. The predicted molar refractivity (Wildman–Crippen MR) is 92.0 cm³/mol. The maximum absolute atomic E-state index is 12.6. The smallest absolute Gasteiger partial charge is 0.287 e. The highest BCUT2D eigenvalue weighted by molar-refractivity contribution is 6.29. The number of aromatic nitrogens is 1. The first-order valence-electron chi connectivity index (χ1n) is 8.38. The average molecular weight is 346 g/mol. The molecule has 2 unspecified atom stereocenters. The van der Waals surface area contributed by atoms with Crippen LogP contribution in [0.1, 0.15) is 30.3 Å². The molecule has 0 aromatic carbocycles. The summed E-state index contributed by atoms with van der Waals surface area (Å²) in [6.07, 6.45) is 3.94. The van der Waals surface area contributed by atoms with E-state index in [1.165, 1.54) is 0 Å². The van der Waals surface area contributed by atoms with Crippen LogP contribution in [-0.4, -0.2) is 41.0 Å². The summed E-state index contributed by atoms with van der Waals surface area (Å²) in [7, 11) is 0. The quantitative estimate of drug-likeness (QED) is 0.868. The zero-order chi connectivity index (χ0) is 16.7. The van der Waals surface area contributed by atoms with Gasteiger partial charge in [-0.15, -0.1) is 0 Å². The number of fused-ring (bicyclic) bond motifs is 3. The fraction of sp³-hybridized carbons (Fsp3) is 0.444. The van der Waals surface area contributed by atoms with Crippen LogP contribution >= 0.6 is 11.6 Å². The van der Waals surface area contributed by atoms with Gasteiger partial charge in [-0.2, -0.15) is 0 Å². The topological polar surface area (TPSA) is 58.4 Å². The normalized spacial score (nSPS) is 28.8. The third-order valence-electron chi connectivity index (χ3n) is 5.32. The van der Waals surface area contributed by atoms with Crippen molar-refractivity contribution in [1.29, 1.82) is 0 Å². The van der Waals surface area contributed by atoms with Gasteiger partial charge in [-0.1, -0.05) is 11.6 Å². The maximum Gasteiger partial charge on any atom is 0.287 e. The molecule has 3 aliphatic rings. The third-order valence-corrected chi connectivity index (χ3v) is 5.52. The van der Waals surface area contributed by atoms with Crippen LogP contribution in [-0.2, 0) is 0 Å². The molecule has 1 amide bonds. The van der Waals surface area contributed by atoms with Crippen molar-refractivity contribution < 1.29 is 9.21 Å². The molecule has 3 aliphatic heterocycles. The molecule has 5 rings (SSSR count). The molecule has 0 aliphatic carbocycles. The third kappa shape index (κ3) is 2.82. The molecule has 5 nitrogen and oxygen atoms in total. The van der Waals surface area contributed by atoms with E-state index < -0.39 is 0 Å². The van der Waals surface area contributed by atoms with Gasteiger partial charge in [0, 0.05) is 23.8 Å². The first kappa shape index (κ1) is 15.7. The number of carbonyl (C=O) groups is 1. The Kier molecular flexibility index (Phi) is 4.06. The van der Waals surface area contributed by atoms with Gasteiger partial charge in [-0.3, -0.25) is 9.69 Å². The van der Waals surface area contributed by atoms with E-state index in [1.54, 1.807) is 24.4 Å². The Morgan fingerprint density at radius 3 is 2.83 bits per heavy atom. The molecule has 126 valence electrons. The number of hydrogen-bond acceptors (Lipinski definition) is 4. The molecule has 2 aromatic rings. The van der Waals surface area contributed by atoms with Crippen LogP contribution in [0.15, 0.2) is 34.9 Å². The number of amides is 1. The Hall–Kier alpha value is -1.85. The molecular formula is C18H20ClN3O2. The van der Waals surface area contributed by atoms with Crippen molar-refractivity contribution in [2.75, 3.05) is 13.1 Å². The number of pyridine rings is 1. The highest BCUT2D eigenvalue weighted by atomic mass is 35.5. The fourth-order valence-corrected chi connectivity index (χ4v) is 4.11. The summed E-state index contributed by atoms with van der Waals surface area (Å²) >= 11 is 5.91. The van der Waals surface area contributed by atoms with E-state index in [2.05, 4.69) is 22.1 Å². The Labute approximate surface area is 146 Å². The molecule has 5 heterocycles. The van der Waals surface area contributed by atoms with Crippen molar-refractivity contribution >= 4 is 17.5 Å². The lowest BCUT2D eigenvalue weighted by atomic mass is 9.79. The van der Waals surface area contributed by atoms with Crippen molar-refractivity contribution in [1.82, 2.24) is 15.2 Å². The lowest BCUT2D eigenvalue weighted by Crippen LogP contribution is -2.62. The summed E-state index contributed by atoms with van der Waals surface area (Å²) in [6.45, 7) is 4.49. The monoisotopic (exact) mass is 345 g/mol. The summed E-state index contributed by atoms with van der Waals surface area (Å²) < 4.78 is 5.73. The second-order valence-corrected chi connectivity index (χ2v) is 7.03. The standard InChI is InChI=1S/C18H20ClN3O2/c1-11-17(12-5-8-22(11)9-6-12)21-18(23)15-3-2-14(24-15)13-4-7-20-16(19)10-13/h2-4,7,10-12,17H,5-6,8-9H2,1H3,(H,21,23).